The molecule has 1 fully saturated rings. The number of ether oxygens (including phenoxy) is 1. The Bertz CT molecular complexity index is 1100. The molecule has 1 aliphatic heterocycles. The van der Waals surface area contributed by atoms with Gasteiger partial charge in [-0.05, 0) is 29.8 Å². The van der Waals surface area contributed by atoms with Crippen LogP contribution in [0.1, 0.15) is 22.9 Å². The molecule has 5 nitrogen and oxygen atoms in total. The van der Waals surface area contributed by atoms with Gasteiger partial charge in [-0.1, -0.05) is 35.3 Å². The minimum absolute atomic E-state index is 0.0907. The van der Waals surface area contributed by atoms with Crippen LogP contribution in [0.25, 0.3) is 10.9 Å². The Morgan fingerprint density at radius 3 is 2.57 bits per heavy atom. The summed E-state index contributed by atoms with van der Waals surface area (Å²) in [6.45, 7) is 0.0907. The fraction of sp³-hybridized carbons (Fsp3) is 0.235. The van der Waals surface area contributed by atoms with E-state index in [9.17, 15) is 21.9 Å². The van der Waals surface area contributed by atoms with Crippen LogP contribution in [0.5, 0.6) is 0 Å². The number of nitrogens with zero attached hydrogens (tertiary/aromatic N) is 2. The highest BCUT2D eigenvalue weighted by molar-refractivity contribution is 7.80. The van der Waals surface area contributed by atoms with Crippen molar-refractivity contribution in [2.24, 2.45) is 0 Å². The fourth-order valence-electron chi connectivity index (χ4n) is 2.96. The summed E-state index contributed by atoms with van der Waals surface area (Å²) < 4.78 is 66.4. The highest BCUT2D eigenvalue weighted by atomic mass is 35.5. The number of rotatable bonds is 4. The lowest BCUT2D eigenvalue weighted by Gasteiger charge is -2.09. The average Bonchev–Trinajstić information content (AvgIpc) is 3.33. The number of halogens is 5. The third-order valence-corrected chi connectivity index (χ3v) is 5.71. The van der Waals surface area contributed by atoms with Crippen LogP contribution in [0.15, 0.2) is 36.4 Å². The Balaban J connectivity index is 1.82. The number of epoxide rings is 1. The number of hydrogen-bond donors (Lipinski definition) is 1. The average molecular weight is 451 g/mol. The summed E-state index contributed by atoms with van der Waals surface area (Å²) in [5.41, 5.74) is -0.643. The lowest BCUT2D eigenvalue weighted by molar-refractivity contribution is -0.137. The van der Waals surface area contributed by atoms with Crippen LogP contribution in [-0.2, 0) is 28.5 Å². The number of alkyl halides is 3. The van der Waals surface area contributed by atoms with Gasteiger partial charge in [0.1, 0.15) is 11.8 Å². The van der Waals surface area contributed by atoms with E-state index >= 15 is 0 Å². The summed E-state index contributed by atoms with van der Waals surface area (Å²) in [6.07, 6.45) is -5.28. The molecule has 2 aromatic carbocycles. The van der Waals surface area contributed by atoms with Gasteiger partial charge in [-0.3, -0.25) is 4.68 Å². The molecule has 1 N–H and O–H groups in total. The van der Waals surface area contributed by atoms with Gasteiger partial charge in [-0.2, -0.15) is 18.3 Å². The van der Waals surface area contributed by atoms with Crippen molar-refractivity contribution in [2.75, 3.05) is 0 Å². The Kier molecular flexibility index (Phi) is 4.91. The molecule has 3 aromatic rings. The molecule has 3 atom stereocenters. The maximum Gasteiger partial charge on any atom is 0.416 e. The first kappa shape index (κ1) is 19.7. The zero-order chi connectivity index (χ0) is 20.2. The van der Waals surface area contributed by atoms with Gasteiger partial charge in [0.2, 0.25) is 0 Å². The lowest BCUT2D eigenvalue weighted by atomic mass is 10.1. The molecule has 3 unspecified atom stereocenters. The van der Waals surface area contributed by atoms with Crippen LogP contribution in [0.4, 0.5) is 13.2 Å². The second-order valence-corrected chi connectivity index (χ2v) is 8.07. The van der Waals surface area contributed by atoms with Gasteiger partial charge in [0, 0.05) is 15.4 Å². The summed E-state index contributed by atoms with van der Waals surface area (Å²) in [6, 6.07) is 8.03. The molecular weight excluding hydrogens is 440 g/mol. The van der Waals surface area contributed by atoms with Crippen LogP contribution in [0.2, 0.25) is 10.0 Å². The Hall–Kier alpha value is -1.65. The first-order chi connectivity index (χ1) is 13.1. The van der Waals surface area contributed by atoms with Crippen molar-refractivity contribution in [2.45, 2.75) is 24.3 Å². The van der Waals surface area contributed by atoms with E-state index in [2.05, 4.69) is 5.10 Å². The van der Waals surface area contributed by atoms with Crippen molar-refractivity contribution in [3.05, 3.63) is 63.3 Å². The molecule has 1 aliphatic rings. The molecule has 2 heterocycles. The fourth-order valence-corrected chi connectivity index (χ4v) is 3.99. The molecule has 148 valence electrons. The molecule has 0 radical (unpaired) electrons. The first-order valence-corrected chi connectivity index (χ1v) is 9.84. The van der Waals surface area contributed by atoms with Gasteiger partial charge < -0.3 is 9.29 Å². The zero-order valence-corrected chi connectivity index (χ0v) is 16.1. The first-order valence-electron chi connectivity index (χ1n) is 7.92. The highest BCUT2D eigenvalue weighted by Gasteiger charge is 2.48. The molecule has 4 rings (SSSR count). The normalized spacial score (nSPS) is 20.5. The summed E-state index contributed by atoms with van der Waals surface area (Å²) in [5.74, 6) is 0. The van der Waals surface area contributed by atoms with Crippen LogP contribution >= 0.6 is 23.2 Å². The third-order valence-electron chi connectivity index (χ3n) is 4.36. The Morgan fingerprint density at radius 1 is 1.21 bits per heavy atom. The van der Waals surface area contributed by atoms with Gasteiger partial charge in [0.15, 0.2) is 16.5 Å². The smallest absolute Gasteiger partial charge is 0.346 e. The predicted octanol–water partition coefficient (Wildman–Crippen LogP) is 5.03. The summed E-state index contributed by atoms with van der Waals surface area (Å²) in [5, 5.41) is 5.54. The van der Waals surface area contributed by atoms with Crippen molar-refractivity contribution in [1.82, 2.24) is 9.78 Å². The van der Waals surface area contributed by atoms with E-state index in [1.165, 1.54) is 16.8 Å². The van der Waals surface area contributed by atoms with Crippen LogP contribution in [0, 0.1) is 0 Å². The van der Waals surface area contributed by atoms with E-state index in [-0.39, 0.29) is 12.1 Å². The molecule has 0 bridgehead atoms. The Labute approximate surface area is 169 Å². The number of fused-ring (bicyclic) bond motifs is 1. The molecule has 0 saturated carbocycles. The molecule has 1 aromatic heterocycles. The summed E-state index contributed by atoms with van der Waals surface area (Å²) >= 11 is 9.84. The molecule has 0 spiro atoms. The minimum Gasteiger partial charge on any atom is -0.346 e. The van der Waals surface area contributed by atoms with Gasteiger partial charge in [0.05, 0.1) is 17.6 Å². The third kappa shape index (κ3) is 3.65. The zero-order valence-electron chi connectivity index (χ0n) is 13.8. The monoisotopic (exact) mass is 450 g/mol. The van der Waals surface area contributed by atoms with Crippen molar-refractivity contribution in [3.8, 4) is 0 Å². The SMILES string of the molecule is O=S(O)C1OC1c1nn(Cc2ccc(Cl)cc2Cl)c2cc(C(F)(F)F)ccc12. The van der Waals surface area contributed by atoms with Gasteiger partial charge in [-0.25, -0.2) is 4.21 Å². The molecular formula is C17H11Cl2F3N2O3S. The second-order valence-electron chi connectivity index (χ2n) is 6.21. The van der Waals surface area contributed by atoms with E-state index in [0.717, 1.165) is 12.1 Å². The maximum atomic E-state index is 13.2. The van der Waals surface area contributed by atoms with Gasteiger partial charge >= 0.3 is 6.18 Å². The number of benzene rings is 2. The van der Waals surface area contributed by atoms with E-state index in [1.54, 1.807) is 12.1 Å². The summed E-state index contributed by atoms with van der Waals surface area (Å²) in [7, 11) is 0. The van der Waals surface area contributed by atoms with Crippen molar-refractivity contribution in [1.29, 1.82) is 0 Å². The van der Waals surface area contributed by atoms with Crippen LogP contribution in [-0.4, -0.2) is 24.0 Å². The van der Waals surface area contributed by atoms with Crippen molar-refractivity contribution >= 4 is 45.2 Å². The lowest BCUT2D eigenvalue weighted by Crippen LogP contribution is -2.06. The number of hydrogen-bond acceptors (Lipinski definition) is 3. The molecule has 28 heavy (non-hydrogen) atoms. The van der Waals surface area contributed by atoms with Gasteiger partial charge in [-0.15, -0.1) is 0 Å². The second kappa shape index (κ2) is 7.00. The van der Waals surface area contributed by atoms with Crippen LogP contribution < -0.4 is 0 Å². The minimum atomic E-state index is -4.52. The quantitative estimate of drug-likeness (QED) is 0.447. The highest BCUT2D eigenvalue weighted by Crippen LogP contribution is 2.43. The maximum absolute atomic E-state index is 13.2. The van der Waals surface area contributed by atoms with E-state index in [1.807, 2.05) is 0 Å². The Morgan fingerprint density at radius 2 is 1.96 bits per heavy atom. The molecule has 1 saturated heterocycles. The molecule has 0 amide bonds. The topological polar surface area (TPSA) is 67.7 Å². The van der Waals surface area contributed by atoms with Crippen molar-refractivity contribution < 1.29 is 26.7 Å². The van der Waals surface area contributed by atoms with Crippen molar-refractivity contribution in [3.63, 3.8) is 0 Å². The predicted molar refractivity (Wildman–Crippen MR) is 98.7 cm³/mol. The molecule has 11 heteroatoms. The van der Waals surface area contributed by atoms with E-state index in [4.69, 9.17) is 27.9 Å². The van der Waals surface area contributed by atoms with E-state index < -0.39 is 34.4 Å². The molecule has 0 aliphatic carbocycles. The number of aromatic nitrogens is 2. The van der Waals surface area contributed by atoms with E-state index in [0.29, 0.717) is 26.7 Å². The largest absolute Gasteiger partial charge is 0.416 e. The standard InChI is InChI=1S/C17H11Cl2F3N2O3S/c18-10-3-1-8(12(19)6-10)7-24-13-5-9(17(20,21)22)2-4-11(13)14(23-24)15-16(27-15)28(25)26/h1-6,15-16H,7H2,(H,25,26). The van der Waals surface area contributed by atoms with Crippen LogP contribution in [0.3, 0.4) is 0 Å². The van der Waals surface area contributed by atoms with Gasteiger partial charge in [0.25, 0.3) is 0 Å². The summed E-state index contributed by atoms with van der Waals surface area (Å²) in [4.78, 5) is 0.